The van der Waals surface area contributed by atoms with E-state index in [9.17, 15) is 24.6 Å². The SMILES string of the molecule is O=C([O-])CC/C=C/C(=O)C(=O)[O-]. The summed E-state index contributed by atoms with van der Waals surface area (Å²) in [5.41, 5.74) is 0. The van der Waals surface area contributed by atoms with Gasteiger partial charge in [-0.2, -0.15) is 0 Å². The number of rotatable bonds is 5. The first-order chi connectivity index (χ1) is 5.54. The Morgan fingerprint density at radius 2 is 1.75 bits per heavy atom. The van der Waals surface area contributed by atoms with E-state index < -0.39 is 17.7 Å². The number of aliphatic carboxylic acids is 2. The average Bonchev–Trinajstić information content (AvgIpc) is 1.97. The number of carboxylic acid groups (broad SMARTS) is 2. The van der Waals surface area contributed by atoms with Gasteiger partial charge in [0.05, 0.1) is 0 Å². The van der Waals surface area contributed by atoms with Gasteiger partial charge in [-0.1, -0.05) is 6.08 Å². The molecule has 0 radical (unpaired) electrons. The van der Waals surface area contributed by atoms with E-state index in [4.69, 9.17) is 0 Å². The second-order valence-electron chi connectivity index (χ2n) is 1.96. The lowest BCUT2D eigenvalue weighted by Crippen LogP contribution is -2.30. The van der Waals surface area contributed by atoms with Crippen LogP contribution in [0.2, 0.25) is 0 Å². The van der Waals surface area contributed by atoms with Gasteiger partial charge in [0, 0.05) is 5.97 Å². The summed E-state index contributed by atoms with van der Waals surface area (Å²) in [4.78, 5) is 29.9. The number of hydrogen-bond donors (Lipinski definition) is 0. The molecule has 0 aliphatic carbocycles. The second-order valence-corrected chi connectivity index (χ2v) is 1.96. The fourth-order valence-electron chi connectivity index (χ4n) is 0.460. The van der Waals surface area contributed by atoms with Gasteiger partial charge in [0.25, 0.3) is 0 Å². The molecular formula is C7H6O5-2. The first-order valence-corrected chi connectivity index (χ1v) is 3.15. The van der Waals surface area contributed by atoms with Gasteiger partial charge in [-0.25, -0.2) is 0 Å². The fourth-order valence-corrected chi connectivity index (χ4v) is 0.460. The smallest absolute Gasteiger partial charge is 0.200 e. The Morgan fingerprint density at radius 3 is 2.17 bits per heavy atom. The lowest BCUT2D eigenvalue weighted by molar-refractivity contribution is -0.305. The van der Waals surface area contributed by atoms with Crippen molar-refractivity contribution in [1.82, 2.24) is 0 Å². The minimum atomic E-state index is -1.81. The molecule has 0 atom stereocenters. The molecule has 0 rings (SSSR count). The number of ketones is 1. The van der Waals surface area contributed by atoms with Crippen LogP contribution in [0.15, 0.2) is 12.2 Å². The highest BCUT2D eigenvalue weighted by atomic mass is 16.4. The van der Waals surface area contributed by atoms with Crippen LogP contribution in [-0.4, -0.2) is 17.7 Å². The molecule has 0 unspecified atom stereocenters. The molecule has 0 N–H and O–H groups in total. The normalized spacial score (nSPS) is 10.0. The van der Waals surface area contributed by atoms with Crippen molar-refractivity contribution in [3.05, 3.63) is 12.2 Å². The van der Waals surface area contributed by atoms with Crippen LogP contribution in [0.4, 0.5) is 0 Å². The van der Waals surface area contributed by atoms with Gasteiger partial charge in [-0.05, 0) is 18.9 Å². The van der Waals surface area contributed by atoms with Crippen LogP contribution in [0, 0.1) is 0 Å². The van der Waals surface area contributed by atoms with E-state index in [0.717, 1.165) is 12.2 Å². The lowest BCUT2D eigenvalue weighted by atomic mass is 10.2. The number of allylic oxidation sites excluding steroid dienone is 1. The van der Waals surface area contributed by atoms with E-state index in [1.807, 2.05) is 0 Å². The molecule has 5 heteroatoms. The first kappa shape index (κ1) is 10.3. The second kappa shape index (κ2) is 5.06. The van der Waals surface area contributed by atoms with Crippen molar-refractivity contribution in [1.29, 1.82) is 0 Å². The third kappa shape index (κ3) is 5.16. The number of carbonyl (C=O) groups is 3. The Morgan fingerprint density at radius 1 is 1.17 bits per heavy atom. The predicted molar refractivity (Wildman–Crippen MR) is 33.4 cm³/mol. The average molecular weight is 170 g/mol. The Labute approximate surface area is 68.3 Å². The van der Waals surface area contributed by atoms with E-state index in [2.05, 4.69) is 0 Å². The summed E-state index contributed by atoms with van der Waals surface area (Å²) in [5.74, 6) is -4.23. The van der Waals surface area contributed by atoms with Crippen molar-refractivity contribution in [3.63, 3.8) is 0 Å². The third-order valence-corrected chi connectivity index (χ3v) is 0.986. The largest absolute Gasteiger partial charge is 0.550 e. The molecule has 0 aromatic rings. The van der Waals surface area contributed by atoms with E-state index in [1.165, 1.54) is 0 Å². The standard InChI is InChI=1S/C7H8O5/c8-5(7(11)12)3-1-2-4-6(9)10/h1,3H,2,4H2,(H,9,10)(H,11,12)/p-2/b3-1+. The van der Waals surface area contributed by atoms with Crippen molar-refractivity contribution in [2.75, 3.05) is 0 Å². The first-order valence-electron chi connectivity index (χ1n) is 3.15. The van der Waals surface area contributed by atoms with Gasteiger partial charge in [0.15, 0.2) is 0 Å². The molecule has 0 saturated heterocycles. The zero-order valence-corrected chi connectivity index (χ0v) is 6.11. The Balaban J connectivity index is 3.70. The monoisotopic (exact) mass is 170 g/mol. The minimum Gasteiger partial charge on any atom is -0.550 e. The molecule has 0 aliphatic heterocycles. The molecule has 0 saturated carbocycles. The molecule has 0 fully saturated rings. The highest BCUT2D eigenvalue weighted by Gasteiger charge is 1.93. The Hall–Kier alpha value is -1.65. The zero-order valence-electron chi connectivity index (χ0n) is 6.11. The fraction of sp³-hybridized carbons (Fsp3) is 0.286. The van der Waals surface area contributed by atoms with E-state index >= 15 is 0 Å². The van der Waals surface area contributed by atoms with Crippen LogP contribution >= 0.6 is 0 Å². The lowest BCUT2D eigenvalue weighted by Gasteiger charge is -1.96. The van der Waals surface area contributed by atoms with Gasteiger partial charge < -0.3 is 19.8 Å². The quantitative estimate of drug-likeness (QED) is 0.332. The number of carbonyl (C=O) groups excluding carboxylic acids is 3. The predicted octanol–water partition coefficient (Wildman–Crippen LogP) is -2.61. The van der Waals surface area contributed by atoms with E-state index in [1.54, 1.807) is 0 Å². The van der Waals surface area contributed by atoms with Crippen LogP contribution in [0.3, 0.4) is 0 Å². The highest BCUT2D eigenvalue weighted by molar-refractivity contribution is 6.36. The molecule has 0 amide bonds. The van der Waals surface area contributed by atoms with Crippen LogP contribution in [0.1, 0.15) is 12.8 Å². The minimum absolute atomic E-state index is 0.0708. The van der Waals surface area contributed by atoms with Gasteiger partial charge in [0.2, 0.25) is 5.78 Å². The summed E-state index contributed by atoms with van der Waals surface area (Å²) in [6.07, 6.45) is 1.74. The van der Waals surface area contributed by atoms with Gasteiger partial charge >= 0.3 is 0 Å². The maximum atomic E-state index is 10.3. The summed E-state index contributed by atoms with van der Waals surface area (Å²) in [6, 6.07) is 0. The molecule has 66 valence electrons. The highest BCUT2D eigenvalue weighted by Crippen LogP contribution is 1.88. The van der Waals surface area contributed by atoms with Crippen LogP contribution < -0.4 is 10.2 Å². The van der Waals surface area contributed by atoms with E-state index in [-0.39, 0.29) is 12.8 Å². The van der Waals surface area contributed by atoms with Gasteiger partial charge in [-0.15, -0.1) is 0 Å². The summed E-state index contributed by atoms with van der Waals surface area (Å²) >= 11 is 0. The van der Waals surface area contributed by atoms with Gasteiger partial charge in [0.1, 0.15) is 5.97 Å². The van der Waals surface area contributed by atoms with Gasteiger partial charge in [-0.3, -0.25) is 4.79 Å². The molecule has 0 spiro atoms. The zero-order chi connectivity index (χ0) is 9.56. The maximum Gasteiger partial charge on any atom is 0.200 e. The van der Waals surface area contributed by atoms with Crippen LogP contribution in [0.25, 0.3) is 0 Å². The number of hydrogen-bond acceptors (Lipinski definition) is 5. The van der Waals surface area contributed by atoms with Crippen LogP contribution in [-0.2, 0) is 14.4 Å². The van der Waals surface area contributed by atoms with Crippen molar-refractivity contribution in [3.8, 4) is 0 Å². The van der Waals surface area contributed by atoms with Crippen molar-refractivity contribution >= 4 is 17.7 Å². The van der Waals surface area contributed by atoms with Crippen molar-refractivity contribution < 1.29 is 24.6 Å². The molecule has 5 nitrogen and oxygen atoms in total. The summed E-state index contributed by atoms with van der Waals surface area (Å²) in [5, 5.41) is 19.6. The Bertz CT molecular complexity index is 228. The van der Waals surface area contributed by atoms with E-state index in [0.29, 0.717) is 0 Å². The number of carboxylic acids is 2. The molecule has 0 bridgehead atoms. The van der Waals surface area contributed by atoms with Crippen molar-refractivity contribution in [2.45, 2.75) is 12.8 Å². The Kier molecular flexibility index (Phi) is 4.36. The summed E-state index contributed by atoms with van der Waals surface area (Å²) < 4.78 is 0. The third-order valence-electron chi connectivity index (χ3n) is 0.986. The molecule has 0 aromatic carbocycles. The van der Waals surface area contributed by atoms with Crippen LogP contribution in [0.5, 0.6) is 0 Å². The molecule has 0 heterocycles. The maximum absolute atomic E-state index is 10.3. The molecule has 12 heavy (non-hydrogen) atoms. The molecular weight excluding hydrogens is 164 g/mol. The molecule has 0 aliphatic rings. The van der Waals surface area contributed by atoms with Crippen molar-refractivity contribution in [2.24, 2.45) is 0 Å². The molecule has 0 aromatic heterocycles. The summed E-state index contributed by atoms with van der Waals surface area (Å²) in [7, 11) is 0. The topological polar surface area (TPSA) is 97.3 Å². The summed E-state index contributed by atoms with van der Waals surface area (Å²) in [6.45, 7) is 0.